The molecule has 4 aromatic rings. The molecule has 7 heteroatoms. The molecule has 0 aliphatic rings. The highest BCUT2D eigenvalue weighted by Gasteiger charge is 2.15. The van der Waals surface area contributed by atoms with Gasteiger partial charge >= 0.3 is 0 Å². The normalized spacial score (nSPS) is 11.7. The third kappa shape index (κ3) is 4.79. The number of carbonyl (C=O) groups excluding carboxylic acids is 1. The van der Waals surface area contributed by atoms with E-state index in [9.17, 15) is 13.2 Å². The first kappa shape index (κ1) is 21.9. The van der Waals surface area contributed by atoms with Gasteiger partial charge in [0.15, 0.2) is 5.78 Å². The highest BCUT2D eigenvalue weighted by atomic mass is 32.2. The smallest absolute Gasteiger partial charge is 0.240 e. The van der Waals surface area contributed by atoms with Gasteiger partial charge in [-0.2, -0.15) is 0 Å². The summed E-state index contributed by atoms with van der Waals surface area (Å²) in [7, 11) is -3.58. The Bertz CT molecular complexity index is 1360. The Morgan fingerprint density at radius 3 is 2.56 bits per heavy atom. The van der Waals surface area contributed by atoms with E-state index in [2.05, 4.69) is 14.3 Å². The number of aromatic nitrogens is 2. The van der Waals surface area contributed by atoms with Gasteiger partial charge in [-0.25, -0.2) is 13.1 Å². The Kier molecular flexibility index (Phi) is 6.21. The van der Waals surface area contributed by atoms with E-state index in [1.165, 1.54) is 0 Å². The van der Waals surface area contributed by atoms with Crippen molar-refractivity contribution in [3.8, 4) is 0 Å². The van der Waals surface area contributed by atoms with Gasteiger partial charge in [-0.3, -0.25) is 9.78 Å². The summed E-state index contributed by atoms with van der Waals surface area (Å²) in [6, 6.07) is 16.4. The Morgan fingerprint density at radius 2 is 1.88 bits per heavy atom. The maximum atomic E-state index is 12.6. The zero-order valence-corrected chi connectivity index (χ0v) is 18.9. The standard InChI is InChI=1S/C25H25N3O3S/c1-18-5-8-23(9-6-18)32(30,31)27-13-11-22-17-28(16-20-4-3-12-26-15-20)25-10-7-21(19(2)29)14-24(22)25/h3-10,12,14-15,17,27H,11,13,16H2,1-2H3. The van der Waals surface area contributed by atoms with Gasteiger partial charge in [-0.05, 0) is 67.8 Å². The number of hydrogen-bond acceptors (Lipinski definition) is 4. The van der Waals surface area contributed by atoms with Gasteiger partial charge in [0.25, 0.3) is 0 Å². The molecule has 32 heavy (non-hydrogen) atoms. The molecular formula is C25H25N3O3S. The molecule has 0 fully saturated rings. The fraction of sp³-hybridized carbons (Fsp3) is 0.200. The average Bonchev–Trinajstić information content (AvgIpc) is 3.11. The summed E-state index contributed by atoms with van der Waals surface area (Å²) in [4.78, 5) is 16.3. The van der Waals surface area contributed by atoms with Crippen LogP contribution in [0.25, 0.3) is 10.9 Å². The summed E-state index contributed by atoms with van der Waals surface area (Å²) in [5, 5.41) is 0.955. The van der Waals surface area contributed by atoms with Crippen LogP contribution >= 0.6 is 0 Å². The molecular weight excluding hydrogens is 422 g/mol. The van der Waals surface area contributed by atoms with Crippen LogP contribution in [-0.4, -0.2) is 30.3 Å². The van der Waals surface area contributed by atoms with Crippen LogP contribution in [0.1, 0.15) is 34.0 Å². The van der Waals surface area contributed by atoms with Crippen LogP contribution in [0.2, 0.25) is 0 Å². The zero-order chi connectivity index (χ0) is 22.7. The average molecular weight is 448 g/mol. The number of Topliss-reactive ketones (excluding diaryl/α,β-unsaturated/α-hetero) is 1. The van der Waals surface area contributed by atoms with E-state index < -0.39 is 10.0 Å². The fourth-order valence-electron chi connectivity index (χ4n) is 3.73. The Morgan fingerprint density at radius 1 is 1.09 bits per heavy atom. The second-order valence-corrected chi connectivity index (χ2v) is 9.66. The molecule has 0 amide bonds. The van der Waals surface area contributed by atoms with E-state index >= 15 is 0 Å². The van der Waals surface area contributed by atoms with Crippen molar-refractivity contribution in [3.63, 3.8) is 0 Å². The van der Waals surface area contributed by atoms with Crippen molar-refractivity contribution >= 4 is 26.7 Å². The lowest BCUT2D eigenvalue weighted by molar-refractivity contribution is 0.101. The van der Waals surface area contributed by atoms with E-state index in [-0.39, 0.29) is 17.2 Å². The number of ketones is 1. The summed E-state index contributed by atoms with van der Waals surface area (Å²) in [6.07, 6.45) is 6.10. The fourth-order valence-corrected chi connectivity index (χ4v) is 4.76. The number of rotatable bonds is 8. The zero-order valence-electron chi connectivity index (χ0n) is 18.1. The Labute approximate surface area is 188 Å². The molecule has 0 radical (unpaired) electrons. The predicted octanol–water partition coefficient (Wildman–Crippen LogP) is 4.12. The second kappa shape index (κ2) is 9.06. The van der Waals surface area contributed by atoms with Crippen molar-refractivity contribution < 1.29 is 13.2 Å². The third-order valence-corrected chi connectivity index (χ3v) is 6.94. The van der Waals surface area contributed by atoms with Crippen LogP contribution in [0.5, 0.6) is 0 Å². The van der Waals surface area contributed by atoms with Crippen LogP contribution in [0.3, 0.4) is 0 Å². The molecule has 0 spiro atoms. The number of nitrogens with one attached hydrogen (secondary N) is 1. The summed E-state index contributed by atoms with van der Waals surface area (Å²) in [5.74, 6) is -0.00191. The van der Waals surface area contributed by atoms with Gasteiger partial charge in [0.05, 0.1) is 4.90 Å². The monoisotopic (exact) mass is 447 g/mol. The lowest BCUT2D eigenvalue weighted by Crippen LogP contribution is -2.25. The van der Waals surface area contributed by atoms with Crippen LogP contribution in [0.15, 0.2) is 78.1 Å². The van der Waals surface area contributed by atoms with E-state index in [0.717, 1.165) is 27.6 Å². The first-order chi connectivity index (χ1) is 15.3. The molecule has 2 heterocycles. The van der Waals surface area contributed by atoms with Crippen molar-refractivity contribution in [1.29, 1.82) is 0 Å². The van der Waals surface area contributed by atoms with Crippen molar-refractivity contribution in [3.05, 3.63) is 95.4 Å². The Balaban J connectivity index is 1.60. The van der Waals surface area contributed by atoms with Crippen molar-refractivity contribution in [2.45, 2.75) is 31.7 Å². The number of pyridine rings is 1. The highest BCUT2D eigenvalue weighted by Crippen LogP contribution is 2.25. The molecule has 1 N–H and O–H groups in total. The van der Waals surface area contributed by atoms with Crippen LogP contribution in [-0.2, 0) is 23.0 Å². The topological polar surface area (TPSA) is 81.1 Å². The number of carbonyl (C=O) groups is 1. The maximum Gasteiger partial charge on any atom is 0.240 e. The first-order valence-corrected chi connectivity index (χ1v) is 11.9. The molecule has 0 saturated heterocycles. The van der Waals surface area contributed by atoms with Gasteiger partial charge in [0.1, 0.15) is 0 Å². The number of benzene rings is 2. The maximum absolute atomic E-state index is 12.6. The quantitative estimate of drug-likeness (QED) is 0.412. The minimum absolute atomic E-state index is 0.00191. The van der Waals surface area contributed by atoms with Crippen molar-refractivity contribution in [2.75, 3.05) is 6.54 Å². The molecule has 6 nitrogen and oxygen atoms in total. The SMILES string of the molecule is CC(=O)c1ccc2c(c1)c(CCNS(=O)(=O)c1ccc(C)cc1)cn2Cc1cccnc1. The highest BCUT2D eigenvalue weighted by molar-refractivity contribution is 7.89. The minimum atomic E-state index is -3.58. The van der Waals surface area contributed by atoms with E-state index in [1.807, 2.05) is 49.6 Å². The molecule has 2 aromatic heterocycles. The number of hydrogen-bond donors (Lipinski definition) is 1. The lowest BCUT2D eigenvalue weighted by Gasteiger charge is -2.07. The molecule has 0 aliphatic carbocycles. The summed E-state index contributed by atoms with van der Waals surface area (Å²) >= 11 is 0. The third-order valence-electron chi connectivity index (χ3n) is 5.46. The van der Waals surface area contributed by atoms with E-state index in [0.29, 0.717) is 18.5 Å². The molecule has 0 unspecified atom stereocenters. The van der Waals surface area contributed by atoms with Crippen LogP contribution < -0.4 is 4.72 Å². The summed E-state index contributed by atoms with van der Waals surface area (Å²) in [6.45, 7) is 4.36. The minimum Gasteiger partial charge on any atom is -0.343 e. The van der Waals surface area contributed by atoms with E-state index in [1.54, 1.807) is 37.4 Å². The number of fused-ring (bicyclic) bond motifs is 1. The van der Waals surface area contributed by atoms with Crippen LogP contribution in [0.4, 0.5) is 0 Å². The molecule has 2 aromatic carbocycles. The largest absolute Gasteiger partial charge is 0.343 e. The first-order valence-electron chi connectivity index (χ1n) is 10.4. The van der Waals surface area contributed by atoms with Gasteiger partial charge in [-0.1, -0.05) is 23.8 Å². The summed E-state index contributed by atoms with van der Waals surface area (Å²) < 4.78 is 30.0. The molecule has 0 aliphatic heterocycles. The molecule has 4 rings (SSSR count). The van der Waals surface area contributed by atoms with Gasteiger partial charge in [-0.15, -0.1) is 0 Å². The lowest BCUT2D eigenvalue weighted by atomic mass is 10.1. The molecule has 164 valence electrons. The molecule has 0 saturated carbocycles. The predicted molar refractivity (Wildman–Crippen MR) is 125 cm³/mol. The van der Waals surface area contributed by atoms with Crippen molar-refractivity contribution in [2.24, 2.45) is 0 Å². The second-order valence-electron chi connectivity index (χ2n) is 7.89. The van der Waals surface area contributed by atoms with E-state index in [4.69, 9.17) is 0 Å². The van der Waals surface area contributed by atoms with Gasteiger partial charge in [0, 0.05) is 48.1 Å². The van der Waals surface area contributed by atoms with Gasteiger partial charge < -0.3 is 4.57 Å². The summed E-state index contributed by atoms with van der Waals surface area (Å²) in [5.41, 5.74) is 4.69. The van der Waals surface area contributed by atoms with Crippen molar-refractivity contribution in [1.82, 2.24) is 14.3 Å². The number of nitrogens with zero attached hydrogens (tertiary/aromatic N) is 2. The number of aryl methyl sites for hydroxylation is 1. The van der Waals surface area contributed by atoms with Crippen LogP contribution in [0, 0.1) is 6.92 Å². The molecule has 0 bridgehead atoms. The van der Waals surface area contributed by atoms with Gasteiger partial charge in [0.2, 0.25) is 10.0 Å². The molecule has 0 atom stereocenters. The number of sulfonamides is 1. The Hall–Kier alpha value is -3.29.